The molecule has 8 nitrogen and oxygen atoms in total. The van der Waals surface area contributed by atoms with Gasteiger partial charge in [-0.1, -0.05) is 12.1 Å². The molecule has 1 aromatic carbocycles. The Labute approximate surface area is 172 Å². The van der Waals surface area contributed by atoms with Crippen molar-refractivity contribution in [3.8, 4) is 0 Å². The minimum atomic E-state index is -1.28. The molecule has 1 aliphatic carbocycles. The molecule has 0 radical (unpaired) electrons. The van der Waals surface area contributed by atoms with E-state index < -0.39 is 23.1 Å². The van der Waals surface area contributed by atoms with E-state index in [2.05, 4.69) is 15.6 Å². The molecule has 2 N–H and O–H groups in total. The van der Waals surface area contributed by atoms with Gasteiger partial charge in [-0.2, -0.15) is 0 Å². The second-order valence-corrected chi connectivity index (χ2v) is 8.15. The fraction of sp³-hybridized carbons (Fsp3) is 0.273. The Kier molecular flexibility index (Phi) is 3.77. The number of hydrogen-bond acceptors (Lipinski definition) is 7. The Hall–Kier alpha value is -3.68. The molecule has 1 aromatic heterocycles. The Balaban J connectivity index is 1.39. The molecule has 1 atom stereocenters. The van der Waals surface area contributed by atoms with E-state index in [1.807, 2.05) is 30.3 Å². The molecule has 1 spiro atoms. The zero-order chi connectivity index (χ0) is 21.1. The third-order valence-electron chi connectivity index (χ3n) is 5.68. The average molecular weight is 405 g/mol. The highest BCUT2D eigenvalue weighted by molar-refractivity contribution is 6.15. The van der Waals surface area contributed by atoms with Crippen molar-refractivity contribution >= 4 is 29.4 Å². The maximum Gasteiger partial charge on any atom is 0.350 e. The molecule has 5 rings (SSSR count). The van der Waals surface area contributed by atoms with Crippen molar-refractivity contribution < 1.29 is 23.9 Å². The highest BCUT2D eigenvalue weighted by atomic mass is 16.7. The monoisotopic (exact) mass is 405 g/mol. The molecule has 2 aliphatic heterocycles. The Morgan fingerprint density at radius 3 is 2.57 bits per heavy atom. The molecule has 3 heterocycles. The topological polar surface area (TPSA) is 107 Å². The number of ether oxygens (including phenoxy) is 2. The molecule has 0 saturated carbocycles. The maximum absolute atomic E-state index is 12.8. The van der Waals surface area contributed by atoms with Crippen LogP contribution in [-0.2, 0) is 42.1 Å². The van der Waals surface area contributed by atoms with Gasteiger partial charge in [-0.15, -0.1) is 0 Å². The third kappa shape index (κ3) is 2.75. The van der Waals surface area contributed by atoms with Crippen molar-refractivity contribution in [3.05, 3.63) is 65.0 Å². The Morgan fingerprint density at radius 1 is 1.07 bits per heavy atom. The van der Waals surface area contributed by atoms with Crippen LogP contribution in [0.5, 0.6) is 0 Å². The van der Waals surface area contributed by atoms with E-state index in [1.165, 1.54) is 20.0 Å². The number of carbonyl (C=O) groups is 3. The van der Waals surface area contributed by atoms with Crippen molar-refractivity contribution in [2.24, 2.45) is 0 Å². The molecule has 1 fully saturated rings. The molecule has 1 saturated heterocycles. The van der Waals surface area contributed by atoms with Crippen LogP contribution in [-0.4, -0.2) is 28.6 Å². The second-order valence-electron chi connectivity index (χ2n) is 8.15. The van der Waals surface area contributed by atoms with Gasteiger partial charge in [0.05, 0.1) is 5.41 Å². The number of carbonyl (C=O) groups excluding carboxylic acids is 3. The van der Waals surface area contributed by atoms with E-state index in [4.69, 9.17) is 9.47 Å². The second kappa shape index (κ2) is 6.16. The number of aromatic nitrogens is 1. The van der Waals surface area contributed by atoms with Crippen molar-refractivity contribution in [1.29, 1.82) is 0 Å². The van der Waals surface area contributed by atoms with Gasteiger partial charge in [-0.05, 0) is 42.2 Å². The van der Waals surface area contributed by atoms with Crippen molar-refractivity contribution in [3.63, 3.8) is 0 Å². The SMILES string of the molecule is CC1(C)OC(=O)C(=CNc2ccc3c(c2)CC2(C3)C(=O)Nc3ncccc32)C(=O)O1. The lowest BCUT2D eigenvalue weighted by Crippen LogP contribution is -2.42. The fourth-order valence-electron chi connectivity index (χ4n) is 4.29. The lowest BCUT2D eigenvalue weighted by molar-refractivity contribution is -0.222. The number of amides is 1. The summed E-state index contributed by atoms with van der Waals surface area (Å²) in [6.45, 7) is 2.99. The maximum atomic E-state index is 12.8. The summed E-state index contributed by atoms with van der Waals surface area (Å²) in [4.78, 5) is 41.2. The largest absolute Gasteiger partial charge is 0.419 e. The van der Waals surface area contributed by atoms with E-state index in [0.717, 1.165) is 16.7 Å². The van der Waals surface area contributed by atoms with Gasteiger partial charge in [0.2, 0.25) is 5.91 Å². The molecular formula is C22H19N3O5. The van der Waals surface area contributed by atoms with E-state index in [9.17, 15) is 14.4 Å². The standard InChI is InChI=1S/C22H19N3O5/c1-21(2)29-18(26)15(19(27)30-21)11-24-14-6-5-12-9-22(10-13(12)8-14)16-4-3-7-23-17(16)25-20(22)28/h3-8,11,24H,9-10H2,1-2H3,(H,23,25,28). The van der Waals surface area contributed by atoms with Gasteiger partial charge in [-0.25, -0.2) is 14.6 Å². The Bertz CT molecular complexity index is 1130. The lowest BCUT2D eigenvalue weighted by Gasteiger charge is -2.29. The molecule has 1 amide bonds. The van der Waals surface area contributed by atoms with Gasteiger partial charge in [-0.3, -0.25) is 4.79 Å². The van der Waals surface area contributed by atoms with Crippen LogP contribution in [0.15, 0.2) is 48.3 Å². The van der Waals surface area contributed by atoms with Gasteiger partial charge in [0, 0.05) is 37.5 Å². The highest BCUT2D eigenvalue weighted by Crippen LogP contribution is 2.46. The third-order valence-corrected chi connectivity index (χ3v) is 5.68. The lowest BCUT2D eigenvalue weighted by atomic mass is 9.79. The number of rotatable bonds is 2. The number of benzene rings is 1. The predicted molar refractivity (Wildman–Crippen MR) is 106 cm³/mol. The summed E-state index contributed by atoms with van der Waals surface area (Å²) in [6, 6.07) is 9.50. The van der Waals surface area contributed by atoms with Crippen LogP contribution in [0.2, 0.25) is 0 Å². The number of cyclic esters (lactones) is 2. The van der Waals surface area contributed by atoms with Crippen LogP contribution in [0.4, 0.5) is 11.5 Å². The fourth-order valence-corrected chi connectivity index (χ4v) is 4.29. The predicted octanol–water partition coefficient (Wildman–Crippen LogP) is 2.20. The molecule has 152 valence electrons. The number of pyridine rings is 1. The number of anilines is 2. The first-order valence-electron chi connectivity index (χ1n) is 9.60. The minimum absolute atomic E-state index is 0.0423. The zero-order valence-corrected chi connectivity index (χ0v) is 16.4. The summed E-state index contributed by atoms with van der Waals surface area (Å²) in [5, 5.41) is 5.85. The molecule has 1 unspecified atom stereocenters. The molecular weight excluding hydrogens is 386 g/mol. The minimum Gasteiger partial charge on any atom is -0.419 e. The van der Waals surface area contributed by atoms with Gasteiger partial charge < -0.3 is 20.1 Å². The Morgan fingerprint density at radius 2 is 1.80 bits per heavy atom. The van der Waals surface area contributed by atoms with Crippen LogP contribution in [0, 0.1) is 0 Å². The van der Waals surface area contributed by atoms with E-state index in [0.29, 0.717) is 24.3 Å². The normalized spacial score (nSPS) is 23.4. The summed E-state index contributed by atoms with van der Waals surface area (Å²) in [7, 11) is 0. The first-order chi connectivity index (χ1) is 14.3. The number of nitrogens with zero attached hydrogens (tertiary/aromatic N) is 1. The summed E-state index contributed by atoms with van der Waals surface area (Å²) in [5.41, 5.74) is 2.86. The van der Waals surface area contributed by atoms with Gasteiger partial charge in [0.25, 0.3) is 5.79 Å². The molecule has 0 bridgehead atoms. The van der Waals surface area contributed by atoms with Crippen molar-refractivity contribution in [2.45, 2.75) is 37.9 Å². The number of nitrogens with one attached hydrogen (secondary N) is 2. The molecule has 3 aliphatic rings. The van der Waals surface area contributed by atoms with E-state index in [-0.39, 0.29) is 11.5 Å². The van der Waals surface area contributed by atoms with Crippen molar-refractivity contribution in [1.82, 2.24) is 4.98 Å². The average Bonchev–Trinajstić information content (AvgIpc) is 3.18. The summed E-state index contributed by atoms with van der Waals surface area (Å²) >= 11 is 0. The van der Waals surface area contributed by atoms with E-state index >= 15 is 0 Å². The van der Waals surface area contributed by atoms with Crippen LogP contribution in [0.25, 0.3) is 0 Å². The first-order valence-corrected chi connectivity index (χ1v) is 9.60. The highest BCUT2D eigenvalue weighted by Gasteiger charge is 2.51. The van der Waals surface area contributed by atoms with Crippen LogP contribution >= 0.6 is 0 Å². The number of fused-ring (bicyclic) bond motifs is 3. The van der Waals surface area contributed by atoms with Gasteiger partial charge in [0.15, 0.2) is 5.57 Å². The summed E-state index contributed by atoms with van der Waals surface area (Å²) in [6.07, 6.45) is 4.10. The molecule has 2 aromatic rings. The van der Waals surface area contributed by atoms with Crippen LogP contribution in [0.1, 0.15) is 30.5 Å². The van der Waals surface area contributed by atoms with Crippen LogP contribution in [0.3, 0.4) is 0 Å². The van der Waals surface area contributed by atoms with Gasteiger partial charge >= 0.3 is 11.9 Å². The number of hydrogen-bond donors (Lipinski definition) is 2. The molecule has 8 heteroatoms. The summed E-state index contributed by atoms with van der Waals surface area (Å²) in [5.74, 6) is -2.18. The number of esters is 2. The van der Waals surface area contributed by atoms with E-state index in [1.54, 1.807) is 6.20 Å². The van der Waals surface area contributed by atoms with Crippen LogP contribution < -0.4 is 10.6 Å². The van der Waals surface area contributed by atoms with Gasteiger partial charge in [0.1, 0.15) is 5.82 Å². The first kappa shape index (κ1) is 18.4. The van der Waals surface area contributed by atoms with Crippen molar-refractivity contribution in [2.75, 3.05) is 10.6 Å². The smallest absolute Gasteiger partial charge is 0.350 e. The molecule has 30 heavy (non-hydrogen) atoms. The summed E-state index contributed by atoms with van der Waals surface area (Å²) < 4.78 is 10.2. The quantitative estimate of drug-likeness (QED) is 0.448. The zero-order valence-electron chi connectivity index (χ0n) is 16.4.